The largest absolute Gasteiger partial charge is 0.395 e. The normalized spacial score (nSPS) is 17.8. The van der Waals surface area contributed by atoms with Gasteiger partial charge in [-0.2, -0.15) is 0 Å². The molecule has 0 heterocycles. The molecule has 3 heteroatoms. The molecule has 1 fully saturated rings. The average Bonchev–Trinajstić information content (AvgIpc) is 2.98. The Hall–Kier alpha value is -1.35. The van der Waals surface area contributed by atoms with Crippen molar-refractivity contribution in [1.82, 2.24) is 0 Å². The zero-order valence-electron chi connectivity index (χ0n) is 7.86. The molecule has 0 spiro atoms. The van der Waals surface area contributed by atoms with Gasteiger partial charge < -0.3 is 10.8 Å². The van der Waals surface area contributed by atoms with Crippen molar-refractivity contribution in [3.05, 3.63) is 35.4 Å². The van der Waals surface area contributed by atoms with Gasteiger partial charge in [0.15, 0.2) is 0 Å². The number of benzene rings is 1. The number of aliphatic hydroxyl groups excluding tert-OH is 1. The molecule has 1 aliphatic rings. The van der Waals surface area contributed by atoms with Crippen LogP contribution in [0.25, 0.3) is 0 Å². The number of primary amides is 1. The van der Waals surface area contributed by atoms with Gasteiger partial charge in [0.1, 0.15) is 0 Å². The number of hydrogen-bond donors (Lipinski definition) is 2. The summed E-state index contributed by atoms with van der Waals surface area (Å²) in [6, 6.07) is 7.26. The minimum Gasteiger partial charge on any atom is -0.395 e. The highest BCUT2D eigenvalue weighted by Gasteiger charge is 2.45. The van der Waals surface area contributed by atoms with Gasteiger partial charge in [-0.05, 0) is 24.5 Å². The van der Waals surface area contributed by atoms with Gasteiger partial charge in [-0.1, -0.05) is 18.2 Å². The lowest BCUT2D eigenvalue weighted by atomic mass is 9.92. The zero-order chi connectivity index (χ0) is 10.2. The van der Waals surface area contributed by atoms with E-state index in [1.165, 1.54) is 0 Å². The van der Waals surface area contributed by atoms with E-state index in [4.69, 9.17) is 5.73 Å². The standard InChI is InChI=1S/C11H13NO2/c12-10(14)8-3-1-2-4-9(8)11(7-13)5-6-11/h1-4,13H,5-7H2,(H2,12,14). The highest BCUT2D eigenvalue weighted by molar-refractivity contribution is 5.94. The summed E-state index contributed by atoms with van der Waals surface area (Å²) >= 11 is 0. The predicted molar refractivity (Wildman–Crippen MR) is 53.0 cm³/mol. The van der Waals surface area contributed by atoms with Crippen molar-refractivity contribution in [2.75, 3.05) is 6.61 Å². The summed E-state index contributed by atoms with van der Waals surface area (Å²) in [7, 11) is 0. The van der Waals surface area contributed by atoms with E-state index in [0.29, 0.717) is 5.56 Å². The lowest BCUT2D eigenvalue weighted by molar-refractivity contribution is 0.0998. The molecule has 1 aromatic rings. The molecule has 0 aliphatic heterocycles. The first kappa shape index (κ1) is 9.21. The fourth-order valence-corrected chi connectivity index (χ4v) is 1.82. The van der Waals surface area contributed by atoms with Gasteiger partial charge in [0.25, 0.3) is 0 Å². The van der Waals surface area contributed by atoms with E-state index >= 15 is 0 Å². The number of aliphatic hydroxyl groups is 1. The number of hydrogen-bond acceptors (Lipinski definition) is 2. The van der Waals surface area contributed by atoms with E-state index < -0.39 is 5.91 Å². The molecule has 0 radical (unpaired) electrons. The third-order valence-corrected chi connectivity index (χ3v) is 2.92. The van der Waals surface area contributed by atoms with Crippen LogP contribution in [-0.4, -0.2) is 17.6 Å². The molecule has 0 unspecified atom stereocenters. The molecule has 0 atom stereocenters. The van der Waals surface area contributed by atoms with Gasteiger partial charge in [0.05, 0.1) is 6.61 Å². The summed E-state index contributed by atoms with van der Waals surface area (Å²) in [6.45, 7) is 0.0945. The number of rotatable bonds is 3. The monoisotopic (exact) mass is 191 g/mol. The predicted octanol–water partition coefficient (Wildman–Crippen LogP) is 0.809. The van der Waals surface area contributed by atoms with Crippen LogP contribution in [0, 0.1) is 0 Å². The van der Waals surface area contributed by atoms with Crippen LogP contribution in [0.2, 0.25) is 0 Å². The molecule has 3 N–H and O–H groups in total. The summed E-state index contributed by atoms with van der Waals surface area (Å²) in [5.41, 5.74) is 6.52. The molecular formula is C11H13NO2. The quantitative estimate of drug-likeness (QED) is 0.742. The fraction of sp³-hybridized carbons (Fsp3) is 0.364. The second kappa shape index (κ2) is 3.10. The molecule has 2 rings (SSSR count). The Labute approximate surface area is 82.5 Å². The molecule has 1 aliphatic carbocycles. The number of nitrogens with two attached hydrogens (primary N) is 1. The van der Waals surface area contributed by atoms with E-state index in [9.17, 15) is 9.90 Å². The average molecular weight is 191 g/mol. The summed E-state index contributed by atoms with van der Waals surface area (Å²) in [6.07, 6.45) is 1.88. The van der Waals surface area contributed by atoms with Crippen molar-refractivity contribution < 1.29 is 9.90 Å². The van der Waals surface area contributed by atoms with Gasteiger partial charge in [0.2, 0.25) is 5.91 Å². The second-order valence-corrected chi connectivity index (χ2v) is 3.85. The molecule has 0 bridgehead atoms. The van der Waals surface area contributed by atoms with Crippen LogP contribution in [0.15, 0.2) is 24.3 Å². The maximum atomic E-state index is 11.2. The van der Waals surface area contributed by atoms with Crippen LogP contribution in [0.1, 0.15) is 28.8 Å². The van der Waals surface area contributed by atoms with Gasteiger partial charge in [-0.15, -0.1) is 0 Å². The Balaban J connectivity index is 2.47. The highest BCUT2D eigenvalue weighted by atomic mass is 16.3. The van der Waals surface area contributed by atoms with Crippen LogP contribution < -0.4 is 5.73 Å². The highest BCUT2D eigenvalue weighted by Crippen LogP contribution is 2.48. The third kappa shape index (κ3) is 1.30. The van der Waals surface area contributed by atoms with Gasteiger partial charge in [0, 0.05) is 11.0 Å². The molecule has 1 aromatic carbocycles. The molecule has 14 heavy (non-hydrogen) atoms. The summed E-state index contributed by atoms with van der Waals surface area (Å²) in [5, 5.41) is 9.26. The molecular weight excluding hydrogens is 178 g/mol. The first-order valence-corrected chi connectivity index (χ1v) is 4.70. The smallest absolute Gasteiger partial charge is 0.248 e. The number of carbonyl (C=O) groups excluding carboxylic acids is 1. The topological polar surface area (TPSA) is 63.3 Å². The second-order valence-electron chi connectivity index (χ2n) is 3.85. The summed E-state index contributed by atoms with van der Waals surface area (Å²) in [4.78, 5) is 11.2. The van der Waals surface area contributed by atoms with Crippen molar-refractivity contribution in [1.29, 1.82) is 0 Å². The van der Waals surface area contributed by atoms with Crippen molar-refractivity contribution in [3.8, 4) is 0 Å². The van der Waals surface area contributed by atoms with E-state index in [-0.39, 0.29) is 12.0 Å². The number of carbonyl (C=O) groups is 1. The Morgan fingerprint density at radius 3 is 2.57 bits per heavy atom. The van der Waals surface area contributed by atoms with Crippen LogP contribution in [0.4, 0.5) is 0 Å². The van der Waals surface area contributed by atoms with E-state index in [0.717, 1.165) is 18.4 Å². The molecule has 1 amide bonds. The molecule has 3 nitrogen and oxygen atoms in total. The first-order chi connectivity index (χ1) is 6.69. The Morgan fingerprint density at radius 1 is 1.43 bits per heavy atom. The molecule has 0 saturated heterocycles. The SMILES string of the molecule is NC(=O)c1ccccc1C1(CO)CC1. The minimum atomic E-state index is -0.416. The van der Waals surface area contributed by atoms with Crippen LogP contribution in [0.5, 0.6) is 0 Å². The Bertz CT molecular complexity index is 369. The first-order valence-electron chi connectivity index (χ1n) is 4.70. The van der Waals surface area contributed by atoms with Crippen molar-refractivity contribution in [2.24, 2.45) is 5.73 Å². The van der Waals surface area contributed by atoms with Gasteiger partial charge in [-0.25, -0.2) is 0 Å². The summed E-state index contributed by atoms with van der Waals surface area (Å²) < 4.78 is 0. The van der Waals surface area contributed by atoms with Gasteiger partial charge >= 0.3 is 0 Å². The lowest BCUT2D eigenvalue weighted by Gasteiger charge is -2.14. The zero-order valence-corrected chi connectivity index (χ0v) is 7.86. The van der Waals surface area contributed by atoms with E-state index in [1.54, 1.807) is 12.1 Å². The van der Waals surface area contributed by atoms with Crippen molar-refractivity contribution in [3.63, 3.8) is 0 Å². The lowest BCUT2D eigenvalue weighted by Crippen LogP contribution is -2.20. The minimum absolute atomic E-state index is 0.0945. The molecule has 1 saturated carbocycles. The summed E-state index contributed by atoms with van der Waals surface area (Å²) in [5.74, 6) is -0.416. The maximum Gasteiger partial charge on any atom is 0.248 e. The maximum absolute atomic E-state index is 11.2. The van der Waals surface area contributed by atoms with E-state index in [1.807, 2.05) is 12.1 Å². The van der Waals surface area contributed by atoms with Crippen molar-refractivity contribution in [2.45, 2.75) is 18.3 Å². The molecule has 0 aromatic heterocycles. The van der Waals surface area contributed by atoms with Crippen LogP contribution in [0.3, 0.4) is 0 Å². The van der Waals surface area contributed by atoms with E-state index in [2.05, 4.69) is 0 Å². The Kier molecular flexibility index (Phi) is 2.04. The molecule has 74 valence electrons. The third-order valence-electron chi connectivity index (χ3n) is 2.92. The van der Waals surface area contributed by atoms with Crippen LogP contribution >= 0.6 is 0 Å². The van der Waals surface area contributed by atoms with Crippen LogP contribution in [-0.2, 0) is 5.41 Å². The number of amides is 1. The Morgan fingerprint density at radius 2 is 2.07 bits per heavy atom. The van der Waals surface area contributed by atoms with Crippen molar-refractivity contribution >= 4 is 5.91 Å². The van der Waals surface area contributed by atoms with Gasteiger partial charge in [-0.3, -0.25) is 4.79 Å². The fourth-order valence-electron chi connectivity index (χ4n) is 1.82.